The van der Waals surface area contributed by atoms with Gasteiger partial charge in [-0.2, -0.15) is 0 Å². The van der Waals surface area contributed by atoms with Gasteiger partial charge in [0.2, 0.25) is 5.71 Å². The molecule has 0 fully saturated rings. The van der Waals surface area contributed by atoms with Crippen LogP contribution in [0.1, 0.15) is 0 Å². The van der Waals surface area contributed by atoms with Crippen molar-refractivity contribution in [2.24, 2.45) is 0 Å². The maximum atomic E-state index is 6.08. The predicted molar refractivity (Wildman–Crippen MR) is 240 cm³/mol. The molecule has 0 N–H and O–H groups in total. The van der Waals surface area contributed by atoms with Crippen LogP contribution >= 0.6 is 0 Å². The summed E-state index contributed by atoms with van der Waals surface area (Å²) in [6.45, 7) is 0. The van der Waals surface area contributed by atoms with Gasteiger partial charge in [0.1, 0.15) is 5.52 Å². The standard InChI is InChI=1S/C52H31N7O/c1-2-11-34(12-3-1)49-56-50(58-51(57-49)36-24-26-40(27-25-36)59-44-16-8-6-14-41(44)42-15-7-9-17-45(42)59)35-21-18-33(19-22-35)39-29-43-47-46(60-52(43)54-30-39)31-53-48(55-47)38-23-20-32-10-4-5-13-37(32)28-38/h1-31H. The minimum atomic E-state index is 0.518. The van der Waals surface area contributed by atoms with E-state index in [0.29, 0.717) is 34.6 Å². The van der Waals surface area contributed by atoms with Crippen LogP contribution in [0.15, 0.2) is 193 Å². The molecule has 280 valence electrons. The molecule has 12 rings (SSSR count). The van der Waals surface area contributed by atoms with E-state index in [1.165, 1.54) is 16.2 Å². The molecular formula is C52H31N7O. The van der Waals surface area contributed by atoms with Crippen LogP contribution in [0.2, 0.25) is 0 Å². The van der Waals surface area contributed by atoms with Gasteiger partial charge in [0.05, 0.1) is 22.6 Å². The lowest BCUT2D eigenvalue weighted by Gasteiger charge is -2.11. The summed E-state index contributed by atoms with van der Waals surface area (Å²) >= 11 is 0. The summed E-state index contributed by atoms with van der Waals surface area (Å²) in [5.74, 6) is 2.43. The molecule has 8 nitrogen and oxygen atoms in total. The number of hydrogen-bond acceptors (Lipinski definition) is 7. The van der Waals surface area contributed by atoms with Gasteiger partial charge in [-0.15, -0.1) is 0 Å². The fourth-order valence-corrected chi connectivity index (χ4v) is 8.19. The van der Waals surface area contributed by atoms with Crippen LogP contribution in [-0.4, -0.2) is 34.5 Å². The highest BCUT2D eigenvalue weighted by atomic mass is 16.3. The van der Waals surface area contributed by atoms with E-state index >= 15 is 0 Å². The van der Waals surface area contributed by atoms with Crippen molar-refractivity contribution in [3.05, 3.63) is 188 Å². The zero-order valence-corrected chi connectivity index (χ0v) is 31.9. The molecule has 5 aromatic heterocycles. The Kier molecular flexibility index (Phi) is 7.67. The first kappa shape index (κ1) is 33.7. The van der Waals surface area contributed by atoms with Crippen LogP contribution in [0.5, 0.6) is 0 Å². The summed E-state index contributed by atoms with van der Waals surface area (Å²) in [7, 11) is 0. The van der Waals surface area contributed by atoms with E-state index in [0.717, 1.165) is 66.4 Å². The number of rotatable bonds is 6. The molecule has 0 amide bonds. The predicted octanol–water partition coefficient (Wildman–Crippen LogP) is 12.5. The lowest BCUT2D eigenvalue weighted by molar-refractivity contribution is 0.651. The van der Waals surface area contributed by atoms with Crippen LogP contribution in [-0.2, 0) is 0 Å². The summed E-state index contributed by atoms with van der Waals surface area (Å²) < 4.78 is 8.39. The quantitative estimate of drug-likeness (QED) is 0.166. The Bertz CT molecular complexity index is 3540. The van der Waals surface area contributed by atoms with Crippen molar-refractivity contribution >= 4 is 54.8 Å². The van der Waals surface area contributed by atoms with Crippen LogP contribution in [0.4, 0.5) is 0 Å². The van der Waals surface area contributed by atoms with Gasteiger partial charge in [0.15, 0.2) is 28.9 Å². The third-order valence-electron chi connectivity index (χ3n) is 11.2. The highest BCUT2D eigenvalue weighted by molar-refractivity contribution is 6.09. The van der Waals surface area contributed by atoms with E-state index in [-0.39, 0.29) is 0 Å². The average Bonchev–Trinajstić information content (AvgIpc) is 3.87. The van der Waals surface area contributed by atoms with Crippen LogP contribution in [0.3, 0.4) is 0 Å². The smallest absolute Gasteiger partial charge is 0.229 e. The number of aromatic nitrogens is 7. The molecule has 0 aliphatic heterocycles. The SMILES string of the molecule is c1ccc(-c2nc(-c3ccc(-c4cnc5oc6cnc(-c7ccc8ccccc8c7)nc6c5c4)cc3)nc(-c3ccc(-n4c5ccccc5c5ccccc54)cc3)n2)cc1. The van der Waals surface area contributed by atoms with E-state index in [1.807, 2.05) is 60.8 Å². The van der Waals surface area contributed by atoms with Gasteiger partial charge in [0.25, 0.3) is 0 Å². The number of furan rings is 1. The molecule has 0 aliphatic carbocycles. The Hall–Kier alpha value is -8.36. The third kappa shape index (κ3) is 5.69. The topological polar surface area (TPSA) is 95.4 Å². The van der Waals surface area contributed by atoms with Gasteiger partial charge >= 0.3 is 0 Å². The molecule has 0 unspecified atom stereocenters. The van der Waals surface area contributed by atoms with Gasteiger partial charge in [-0.1, -0.05) is 127 Å². The second-order valence-corrected chi connectivity index (χ2v) is 14.8. The van der Waals surface area contributed by atoms with E-state index in [2.05, 4.69) is 131 Å². The molecule has 8 heteroatoms. The van der Waals surface area contributed by atoms with E-state index in [1.54, 1.807) is 6.20 Å². The molecule has 0 saturated carbocycles. The number of hydrogen-bond donors (Lipinski definition) is 0. The Morgan fingerprint density at radius 1 is 0.367 bits per heavy atom. The van der Waals surface area contributed by atoms with E-state index in [9.17, 15) is 0 Å². The molecule has 0 spiro atoms. The Morgan fingerprint density at radius 3 is 1.63 bits per heavy atom. The van der Waals surface area contributed by atoms with E-state index < -0.39 is 0 Å². The maximum absolute atomic E-state index is 6.08. The number of para-hydroxylation sites is 2. The molecule has 0 radical (unpaired) electrons. The first-order valence-corrected chi connectivity index (χ1v) is 19.8. The molecule has 12 aromatic rings. The first-order valence-electron chi connectivity index (χ1n) is 19.8. The monoisotopic (exact) mass is 769 g/mol. The van der Waals surface area contributed by atoms with Gasteiger partial charge in [-0.05, 0) is 64.9 Å². The van der Waals surface area contributed by atoms with Gasteiger partial charge < -0.3 is 8.98 Å². The molecule has 0 saturated heterocycles. The van der Waals surface area contributed by atoms with E-state index in [4.69, 9.17) is 29.3 Å². The Morgan fingerprint density at radius 2 is 0.933 bits per heavy atom. The normalized spacial score (nSPS) is 11.7. The molecule has 7 aromatic carbocycles. The molecule has 60 heavy (non-hydrogen) atoms. The number of pyridine rings is 1. The summed E-state index contributed by atoms with van der Waals surface area (Å²) in [4.78, 5) is 29.3. The second kappa shape index (κ2) is 13.6. The molecule has 5 heterocycles. The summed E-state index contributed by atoms with van der Waals surface area (Å²) in [6, 6.07) is 60.4. The fourth-order valence-electron chi connectivity index (χ4n) is 8.19. The molecule has 0 aliphatic rings. The van der Waals surface area contributed by atoms with Gasteiger partial charge in [0, 0.05) is 50.5 Å². The van der Waals surface area contributed by atoms with Crippen LogP contribution in [0.25, 0.3) is 117 Å². The zero-order chi connectivity index (χ0) is 39.6. The summed E-state index contributed by atoms with van der Waals surface area (Å²) in [6.07, 6.45) is 3.56. The number of fused-ring (bicyclic) bond motifs is 7. The fraction of sp³-hybridized carbons (Fsp3) is 0. The second-order valence-electron chi connectivity index (χ2n) is 14.8. The van der Waals surface area contributed by atoms with Crippen molar-refractivity contribution in [2.75, 3.05) is 0 Å². The van der Waals surface area contributed by atoms with Crippen molar-refractivity contribution in [1.82, 2.24) is 34.5 Å². The van der Waals surface area contributed by atoms with Crippen molar-refractivity contribution in [2.45, 2.75) is 0 Å². The summed E-state index contributed by atoms with van der Waals surface area (Å²) in [5, 5.41) is 5.59. The Labute approximate surface area is 343 Å². The van der Waals surface area contributed by atoms with Crippen LogP contribution < -0.4 is 0 Å². The highest BCUT2D eigenvalue weighted by Gasteiger charge is 2.17. The number of nitrogens with zero attached hydrogens (tertiary/aromatic N) is 7. The largest absolute Gasteiger partial charge is 0.434 e. The van der Waals surface area contributed by atoms with Crippen molar-refractivity contribution in [3.63, 3.8) is 0 Å². The third-order valence-corrected chi connectivity index (χ3v) is 11.2. The molecular weight excluding hydrogens is 739 g/mol. The maximum Gasteiger partial charge on any atom is 0.229 e. The van der Waals surface area contributed by atoms with Gasteiger partial charge in [-0.3, -0.25) is 0 Å². The lowest BCUT2D eigenvalue weighted by atomic mass is 10.0. The number of benzene rings is 7. The van der Waals surface area contributed by atoms with Crippen molar-refractivity contribution < 1.29 is 4.42 Å². The zero-order valence-electron chi connectivity index (χ0n) is 31.9. The Balaban J connectivity index is 0.897. The van der Waals surface area contributed by atoms with Crippen molar-refractivity contribution in [1.29, 1.82) is 0 Å². The minimum absolute atomic E-state index is 0.518. The summed E-state index contributed by atoms with van der Waals surface area (Å²) in [5.41, 5.74) is 10.8. The average molecular weight is 770 g/mol. The van der Waals surface area contributed by atoms with Gasteiger partial charge in [-0.25, -0.2) is 29.9 Å². The minimum Gasteiger partial charge on any atom is -0.434 e. The van der Waals surface area contributed by atoms with Crippen molar-refractivity contribution in [3.8, 4) is 62.4 Å². The molecule has 0 atom stereocenters. The molecule has 0 bridgehead atoms. The lowest BCUT2D eigenvalue weighted by Crippen LogP contribution is -2.00. The van der Waals surface area contributed by atoms with Crippen LogP contribution in [0, 0.1) is 0 Å². The highest BCUT2D eigenvalue weighted by Crippen LogP contribution is 2.35. The first-order chi connectivity index (χ1) is 29.7.